The van der Waals surface area contributed by atoms with E-state index in [1.54, 1.807) is 6.07 Å². The zero-order valence-electron chi connectivity index (χ0n) is 13.7. The van der Waals surface area contributed by atoms with Crippen LogP contribution in [0.2, 0.25) is 0 Å². The summed E-state index contributed by atoms with van der Waals surface area (Å²) in [5.74, 6) is -0.923. The van der Waals surface area contributed by atoms with E-state index in [0.29, 0.717) is 11.3 Å². The van der Waals surface area contributed by atoms with Gasteiger partial charge in [-0.3, -0.25) is 0 Å². The highest BCUT2D eigenvalue weighted by atomic mass is 16.4. The van der Waals surface area contributed by atoms with Gasteiger partial charge in [-0.15, -0.1) is 0 Å². The van der Waals surface area contributed by atoms with Gasteiger partial charge in [-0.25, -0.2) is 4.79 Å². The molecule has 3 aromatic rings. The zero-order valence-corrected chi connectivity index (χ0v) is 13.7. The Morgan fingerprint density at radius 3 is 2.04 bits per heavy atom. The predicted octanol–water partition coefficient (Wildman–Crippen LogP) is 5.13. The number of benzene rings is 3. The van der Waals surface area contributed by atoms with Crippen molar-refractivity contribution in [2.24, 2.45) is 0 Å². The third-order valence-electron chi connectivity index (χ3n) is 4.12. The van der Waals surface area contributed by atoms with Crippen LogP contribution in [0.1, 0.15) is 15.9 Å². The van der Waals surface area contributed by atoms with E-state index in [4.69, 9.17) is 0 Å². The lowest BCUT2D eigenvalue weighted by Gasteiger charge is -2.24. The fraction of sp³-hybridized carbons (Fsp3) is 0.0952. The Hall–Kier alpha value is -3.07. The number of para-hydroxylation sites is 1. The summed E-state index contributed by atoms with van der Waals surface area (Å²) in [5, 5.41) is 9.73. The Labute approximate surface area is 141 Å². The maximum absolute atomic E-state index is 11.9. The molecular formula is C21H19NO2. The van der Waals surface area contributed by atoms with E-state index in [1.165, 1.54) is 0 Å². The molecule has 0 radical (unpaired) electrons. The normalized spacial score (nSPS) is 10.4. The molecule has 0 unspecified atom stereocenters. The number of carboxylic acid groups (broad SMARTS) is 1. The summed E-state index contributed by atoms with van der Waals surface area (Å²) in [6.45, 7) is 1.95. The van der Waals surface area contributed by atoms with Crippen LogP contribution in [-0.2, 0) is 0 Å². The highest BCUT2D eigenvalue weighted by Crippen LogP contribution is 2.34. The Morgan fingerprint density at radius 1 is 0.875 bits per heavy atom. The van der Waals surface area contributed by atoms with Crippen molar-refractivity contribution in [3.63, 3.8) is 0 Å². The summed E-state index contributed by atoms with van der Waals surface area (Å²) >= 11 is 0. The Kier molecular flexibility index (Phi) is 4.34. The summed E-state index contributed by atoms with van der Waals surface area (Å²) in [7, 11) is 1.90. The van der Waals surface area contributed by atoms with E-state index in [9.17, 15) is 9.90 Å². The van der Waals surface area contributed by atoms with Gasteiger partial charge in [0.15, 0.2) is 0 Å². The van der Waals surface area contributed by atoms with Crippen LogP contribution in [0, 0.1) is 6.92 Å². The molecule has 0 bridgehead atoms. The average molecular weight is 317 g/mol. The first-order chi connectivity index (χ1) is 11.6. The van der Waals surface area contributed by atoms with Crippen molar-refractivity contribution in [2.75, 3.05) is 11.9 Å². The number of anilines is 2. The van der Waals surface area contributed by atoms with Gasteiger partial charge in [-0.2, -0.15) is 0 Å². The van der Waals surface area contributed by atoms with E-state index >= 15 is 0 Å². The van der Waals surface area contributed by atoms with Gasteiger partial charge in [0.25, 0.3) is 0 Å². The monoisotopic (exact) mass is 317 g/mol. The first kappa shape index (κ1) is 15.8. The van der Waals surface area contributed by atoms with E-state index in [2.05, 4.69) is 0 Å². The quantitative estimate of drug-likeness (QED) is 0.725. The average Bonchev–Trinajstić information content (AvgIpc) is 2.62. The third kappa shape index (κ3) is 3.01. The number of carboxylic acids is 1. The summed E-state index contributed by atoms with van der Waals surface area (Å²) in [6.07, 6.45) is 0. The standard InChI is InChI=1S/C21H19NO2/c1-15-13-17(16-9-5-3-6-10-16)14-19(21(23)24)20(15)22(2)18-11-7-4-8-12-18/h3-14H,1-2H3,(H,23,24). The number of hydrogen-bond donors (Lipinski definition) is 1. The van der Waals surface area contributed by atoms with Gasteiger partial charge >= 0.3 is 5.97 Å². The molecule has 0 fully saturated rings. The number of rotatable bonds is 4. The molecule has 0 aliphatic heterocycles. The highest BCUT2D eigenvalue weighted by molar-refractivity contribution is 5.98. The first-order valence-corrected chi connectivity index (χ1v) is 7.80. The maximum Gasteiger partial charge on any atom is 0.337 e. The van der Waals surface area contributed by atoms with Crippen molar-refractivity contribution in [3.05, 3.63) is 83.9 Å². The Balaban J connectivity index is 2.15. The van der Waals surface area contributed by atoms with Crippen LogP contribution in [0.25, 0.3) is 11.1 Å². The minimum atomic E-state index is -0.923. The fourth-order valence-electron chi connectivity index (χ4n) is 2.97. The van der Waals surface area contributed by atoms with Gasteiger partial charge < -0.3 is 10.0 Å². The van der Waals surface area contributed by atoms with Gasteiger partial charge in [-0.1, -0.05) is 48.5 Å². The molecule has 1 N–H and O–H groups in total. The molecule has 0 amide bonds. The van der Waals surface area contributed by atoms with E-state index in [1.807, 2.05) is 85.6 Å². The number of aromatic carboxylic acids is 1. The van der Waals surface area contributed by atoms with Crippen molar-refractivity contribution < 1.29 is 9.90 Å². The van der Waals surface area contributed by atoms with Crippen molar-refractivity contribution in [3.8, 4) is 11.1 Å². The molecule has 0 aromatic heterocycles. The van der Waals surface area contributed by atoms with Crippen LogP contribution < -0.4 is 4.90 Å². The van der Waals surface area contributed by atoms with Crippen LogP contribution in [0.4, 0.5) is 11.4 Å². The second-order valence-corrected chi connectivity index (χ2v) is 5.76. The fourth-order valence-corrected chi connectivity index (χ4v) is 2.97. The lowest BCUT2D eigenvalue weighted by molar-refractivity contribution is 0.0697. The molecule has 0 saturated heterocycles. The van der Waals surface area contributed by atoms with Gasteiger partial charge in [0, 0.05) is 12.7 Å². The number of aryl methyl sites for hydroxylation is 1. The van der Waals surface area contributed by atoms with Crippen LogP contribution in [0.3, 0.4) is 0 Å². The zero-order chi connectivity index (χ0) is 17.1. The molecule has 0 saturated carbocycles. The summed E-state index contributed by atoms with van der Waals surface area (Å²) in [6, 6.07) is 23.4. The molecule has 24 heavy (non-hydrogen) atoms. The second-order valence-electron chi connectivity index (χ2n) is 5.76. The molecule has 3 nitrogen and oxygen atoms in total. The first-order valence-electron chi connectivity index (χ1n) is 7.80. The van der Waals surface area contributed by atoms with Gasteiger partial charge in [0.1, 0.15) is 0 Å². The van der Waals surface area contributed by atoms with Gasteiger partial charge in [0.2, 0.25) is 0 Å². The molecule has 0 atom stereocenters. The molecule has 0 spiro atoms. The molecule has 3 heteroatoms. The highest BCUT2D eigenvalue weighted by Gasteiger charge is 2.19. The lowest BCUT2D eigenvalue weighted by atomic mass is 9.97. The second kappa shape index (κ2) is 6.59. The summed E-state index contributed by atoms with van der Waals surface area (Å²) in [5.41, 5.74) is 4.83. The van der Waals surface area contributed by atoms with E-state index in [0.717, 1.165) is 22.4 Å². The largest absolute Gasteiger partial charge is 0.478 e. The number of nitrogens with zero attached hydrogens (tertiary/aromatic N) is 1. The van der Waals surface area contributed by atoms with Gasteiger partial charge in [-0.05, 0) is 47.9 Å². The van der Waals surface area contributed by atoms with Crippen molar-refractivity contribution in [2.45, 2.75) is 6.92 Å². The van der Waals surface area contributed by atoms with Crippen LogP contribution in [0.5, 0.6) is 0 Å². The predicted molar refractivity (Wildman–Crippen MR) is 98.1 cm³/mol. The minimum Gasteiger partial charge on any atom is -0.478 e. The topological polar surface area (TPSA) is 40.5 Å². The molecule has 120 valence electrons. The van der Waals surface area contributed by atoms with E-state index < -0.39 is 5.97 Å². The third-order valence-corrected chi connectivity index (χ3v) is 4.12. The van der Waals surface area contributed by atoms with Crippen LogP contribution in [0.15, 0.2) is 72.8 Å². The van der Waals surface area contributed by atoms with Crippen LogP contribution in [-0.4, -0.2) is 18.1 Å². The number of hydrogen-bond acceptors (Lipinski definition) is 2. The van der Waals surface area contributed by atoms with Crippen molar-refractivity contribution in [1.29, 1.82) is 0 Å². The Bertz CT molecular complexity index is 858. The smallest absolute Gasteiger partial charge is 0.337 e. The van der Waals surface area contributed by atoms with Crippen molar-refractivity contribution >= 4 is 17.3 Å². The van der Waals surface area contributed by atoms with Crippen LogP contribution >= 0.6 is 0 Å². The molecule has 3 rings (SSSR count). The summed E-state index contributed by atoms with van der Waals surface area (Å²) in [4.78, 5) is 13.8. The molecule has 0 heterocycles. The molecule has 3 aromatic carbocycles. The number of carbonyl (C=O) groups is 1. The summed E-state index contributed by atoms with van der Waals surface area (Å²) < 4.78 is 0. The molecule has 0 aliphatic carbocycles. The van der Waals surface area contributed by atoms with Gasteiger partial charge in [0.05, 0.1) is 11.3 Å². The minimum absolute atomic E-state index is 0.306. The van der Waals surface area contributed by atoms with Crippen molar-refractivity contribution in [1.82, 2.24) is 0 Å². The molecular weight excluding hydrogens is 298 g/mol. The maximum atomic E-state index is 11.9. The Morgan fingerprint density at radius 2 is 1.46 bits per heavy atom. The lowest BCUT2D eigenvalue weighted by Crippen LogP contribution is -2.15. The molecule has 0 aliphatic rings. The SMILES string of the molecule is Cc1cc(-c2ccccc2)cc(C(=O)O)c1N(C)c1ccccc1. The van der Waals surface area contributed by atoms with E-state index in [-0.39, 0.29) is 0 Å².